The van der Waals surface area contributed by atoms with Crippen molar-refractivity contribution in [3.8, 4) is 0 Å². The molecule has 1 N–H and O–H groups in total. The third-order valence-corrected chi connectivity index (χ3v) is 2.52. The van der Waals surface area contributed by atoms with Crippen molar-refractivity contribution >= 4 is 16.3 Å². The van der Waals surface area contributed by atoms with Gasteiger partial charge in [0.15, 0.2) is 12.3 Å². The van der Waals surface area contributed by atoms with Crippen molar-refractivity contribution in [2.24, 2.45) is 5.92 Å². The van der Waals surface area contributed by atoms with Crippen LogP contribution in [0.4, 0.5) is 0 Å². The Bertz CT molecular complexity index is 486. The molecule has 1 aromatic rings. The molecule has 0 amide bonds. The second-order valence-corrected chi connectivity index (χ2v) is 5.20. The zero-order valence-corrected chi connectivity index (χ0v) is 9.77. The van der Waals surface area contributed by atoms with E-state index in [1.807, 2.05) is 13.8 Å². The molecule has 0 aliphatic rings. The SMILES string of the molecule is CC(C)C[N+]([O-])=Cc1cc(S(=O)(=O)O)co1. The topological polar surface area (TPSA) is 93.6 Å². The summed E-state index contributed by atoms with van der Waals surface area (Å²) < 4.78 is 35.5. The van der Waals surface area contributed by atoms with Gasteiger partial charge in [-0.1, -0.05) is 13.8 Å². The molecule has 0 spiro atoms. The normalized spacial score (nSPS) is 13.4. The predicted molar refractivity (Wildman–Crippen MR) is 57.0 cm³/mol. The number of hydrogen-bond donors (Lipinski definition) is 1. The van der Waals surface area contributed by atoms with E-state index in [1.54, 1.807) is 0 Å². The van der Waals surface area contributed by atoms with Crippen molar-refractivity contribution in [2.45, 2.75) is 18.7 Å². The fourth-order valence-corrected chi connectivity index (χ4v) is 1.53. The molecule has 0 radical (unpaired) electrons. The quantitative estimate of drug-likeness (QED) is 0.283. The van der Waals surface area contributed by atoms with Crippen LogP contribution in [-0.2, 0) is 10.1 Å². The molecule has 7 heteroatoms. The van der Waals surface area contributed by atoms with Gasteiger partial charge in [0.2, 0.25) is 6.21 Å². The highest BCUT2D eigenvalue weighted by molar-refractivity contribution is 7.85. The van der Waals surface area contributed by atoms with Crippen LogP contribution in [0.25, 0.3) is 0 Å². The van der Waals surface area contributed by atoms with Gasteiger partial charge in [0.25, 0.3) is 10.1 Å². The monoisotopic (exact) mass is 247 g/mol. The lowest BCUT2D eigenvalue weighted by Crippen LogP contribution is -2.12. The fourth-order valence-electron chi connectivity index (χ4n) is 1.09. The summed E-state index contributed by atoms with van der Waals surface area (Å²) in [6.07, 6.45) is 2.01. The van der Waals surface area contributed by atoms with Gasteiger partial charge >= 0.3 is 0 Å². The standard InChI is InChI=1S/C9H13NO5S/c1-7(2)4-10(11)5-8-3-9(6-15-8)16(12,13)14/h3,5-7H,4H2,1-2H3,(H,12,13,14). The van der Waals surface area contributed by atoms with Crippen LogP contribution in [0.15, 0.2) is 21.6 Å². The maximum Gasteiger partial charge on any atom is 0.297 e. The van der Waals surface area contributed by atoms with Crippen LogP contribution >= 0.6 is 0 Å². The third kappa shape index (κ3) is 3.67. The molecular formula is C9H13NO5S. The molecule has 1 aromatic heterocycles. The zero-order valence-electron chi connectivity index (χ0n) is 8.95. The minimum absolute atomic E-state index is 0.0864. The summed E-state index contributed by atoms with van der Waals surface area (Å²) >= 11 is 0. The van der Waals surface area contributed by atoms with Gasteiger partial charge in [0.05, 0.1) is 0 Å². The Labute approximate surface area is 93.5 Å². The summed E-state index contributed by atoms with van der Waals surface area (Å²) in [5, 5.41) is 11.3. The highest BCUT2D eigenvalue weighted by Crippen LogP contribution is 2.11. The summed E-state index contributed by atoms with van der Waals surface area (Å²) in [4.78, 5) is -0.364. The first-order valence-electron chi connectivity index (χ1n) is 4.63. The maximum absolute atomic E-state index is 11.3. The van der Waals surface area contributed by atoms with Crippen LogP contribution in [0.2, 0.25) is 0 Å². The Balaban J connectivity index is 2.88. The molecule has 0 saturated heterocycles. The van der Waals surface area contributed by atoms with Crippen molar-refractivity contribution in [1.82, 2.24) is 0 Å². The maximum atomic E-state index is 11.3. The lowest BCUT2D eigenvalue weighted by Gasteiger charge is -2.04. The fraction of sp³-hybridized carbons (Fsp3) is 0.444. The van der Waals surface area contributed by atoms with Gasteiger partial charge in [-0.25, -0.2) is 4.74 Å². The van der Waals surface area contributed by atoms with E-state index in [0.717, 1.165) is 18.5 Å². The first-order valence-corrected chi connectivity index (χ1v) is 6.07. The van der Waals surface area contributed by atoms with Crippen molar-refractivity contribution in [1.29, 1.82) is 0 Å². The summed E-state index contributed by atoms with van der Waals surface area (Å²) in [5.74, 6) is 0.271. The molecular weight excluding hydrogens is 234 g/mol. The van der Waals surface area contributed by atoms with Crippen molar-refractivity contribution in [3.05, 3.63) is 23.3 Å². The highest BCUT2D eigenvalue weighted by Gasteiger charge is 2.14. The van der Waals surface area contributed by atoms with E-state index < -0.39 is 10.1 Å². The highest BCUT2D eigenvalue weighted by atomic mass is 32.2. The molecule has 0 aromatic carbocycles. The average Bonchev–Trinajstić information content (AvgIpc) is 2.49. The lowest BCUT2D eigenvalue weighted by atomic mass is 10.2. The molecule has 0 aliphatic carbocycles. The van der Waals surface area contributed by atoms with Crippen LogP contribution in [0.1, 0.15) is 19.6 Å². The summed E-state index contributed by atoms with van der Waals surface area (Å²) in [7, 11) is -4.28. The Kier molecular flexibility index (Phi) is 3.71. The summed E-state index contributed by atoms with van der Waals surface area (Å²) in [6.45, 7) is 4.04. The van der Waals surface area contributed by atoms with Crippen LogP contribution in [0.3, 0.4) is 0 Å². The molecule has 90 valence electrons. The van der Waals surface area contributed by atoms with E-state index >= 15 is 0 Å². The Hall–Kier alpha value is -1.34. The molecule has 0 saturated carbocycles. The Morgan fingerprint density at radius 1 is 1.62 bits per heavy atom. The van der Waals surface area contributed by atoms with Crippen molar-refractivity contribution < 1.29 is 22.1 Å². The number of rotatable bonds is 4. The van der Waals surface area contributed by atoms with Crippen molar-refractivity contribution in [2.75, 3.05) is 6.54 Å². The van der Waals surface area contributed by atoms with Crippen LogP contribution in [-0.4, -0.2) is 30.5 Å². The van der Waals surface area contributed by atoms with Gasteiger partial charge in [-0.3, -0.25) is 4.55 Å². The molecule has 0 unspecified atom stereocenters. The van der Waals surface area contributed by atoms with E-state index in [1.165, 1.54) is 0 Å². The average molecular weight is 247 g/mol. The van der Waals surface area contributed by atoms with Gasteiger partial charge in [0, 0.05) is 12.0 Å². The minimum Gasteiger partial charge on any atom is -0.624 e. The molecule has 16 heavy (non-hydrogen) atoms. The van der Waals surface area contributed by atoms with E-state index in [0.29, 0.717) is 4.74 Å². The largest absolute Gasteiger partial charge is 0.624 e. The van der Waals surface area contributed by atoms with Gasteiger partial charge in [-0.05, 0) is 0 Å². The smallest absolute Gasteiger partial charge is 0.297 e. The number of nitrogens with zero attached hydrogens (tertiary/aromatic N) is 1. The van der Waals surface area contributed by atoms with Gasteiger partial charge in [0.1, 0.15) is 11.2 Å². The first kappa shape index (κ1) is 12.7. The summed E-state index contributed by atoms with van der Waals surface area (Å²) in [5.41, 5.74) is 0. The molecule has 1 rings (SSSR count). The Morgan fingerprint density at radius 3 is 2.69 bits per heavy atom. The molecule has 1 heterocycles. The zero-order chi connectivity index (χ0) is 12.3. The predicted octanol–water partition coefficient (Wildman–Crippen LogP) is 1.11. The number of hydroxylamine groups is 1. The minimum atomic E-state index is -4.28. The first-order chi connectivity index (χ1) is 7.29. The second kappa shape index (κ2) is 4.67. The molecule has 0 bridgehead atoms. The lowest BCUT2D eigenvalue weighted by molar-refractivity contribution is -0.459. The van der Waals surface area contributed by atoms with Crippen LogP contribution in [0.5, 0.6) is 0 Å². The van der Waals surface area contributed by atoms with Crippen molar-refractivity contribution in [3.63, 3.8) is 0 Å². The van der Waals surface area contributed by atoms with Crippen LogP contribution in [0, 0.1) is 11.1 Å². The Morgan fingerprint density at radius 2 is 2.25 bits per heavy atom. The molecule has 0 aliphatic heterocycles. The number of furan rings is 1. The van der Waals surface area contributed by atoms with Gasteiger partial charge in [-0.2, -0.15) is 8.42 Å². The summed E-state index contributed by atoms with van der Waals surface area (Å²) in [6, 6.07) is 1.08. The van der Waals surface area contributed by atoms with E-state index in [2.05, 4.69) is 0 Å². The third-order valence-electron chi connectivity index (χ3n) is 1.71. The van der Waals surface area contributed by atoms with Gasteiger partial charge < -0.3 is 9.62 Å². The van der Waals surface area contributed by atoms with Crippen LogP contribution < -0.4 is 0 Å². The van der Waals surface area contributed by atoms with E-state index in [4.69, 9.17) is 8.97 Å². The molecule has 6 nitrogen and oxygen atoms in total. The number of hydrogen-bond acceptors (Lipinski definition) is 4. The van der Waals surface area contributed by atoms with E-state index in [9.17, 15) is 13.6 Å². The molecule has 0 atom stereocenters. The second-order valence-electron chi connectivity index (χ2n) is 3.78. The van der Waals surface area contributed by atoms with Gasteiger partial charge in [-0.15, -0.1) is 0 Å². The van der Waals surface area contributed by atoms with E-state index in [-0.39, 0.29) is 23.1 Å². The molecule has 0 fully saturated rings.